The van der Waals surface area contributed by atoms with Crippen molar-refractivity contribution in [3.8, 4) is 5.75 Å². The van der Waals surface area contributed by atoms with Gasteiger partial charge in [0, 0.05) is 29.9 Å². The molecule has 7 nitrogen and oxygen atoms in total. The summed E-state index contributed by atoms with van der Waals surface area (Å²) in [5.74, 6) is -0.251. The minimum atomic E-state index is -4.25. The van der Waals surface area contributed by atoms with Crippen LogP contribution in [0.15, 0.2) is 12.1 Å². The summed E-state index contributed by atoms with van der Waals surface area (Å²) in [6.07, 6.45) is 3.31. The normalized spacial score (nSPS) is 23.2. The van der Waals surface area contributed by atoms with Gasteiger partial charge in [-0.2, -0.15) is 0 Å². The number of ether oxygens (including phenoxy) is 2. The van der Waals surface area contributed by atoms with Gasteiger partial charge in [-0.15, -0.1) is 0 Å². The third-order valence-corrected chi connectivity index (χ3v) is 6.82. The molecule has 0 spiro atoms. The predicted octanol–water partition coefficient (Wildman–Crippen LogP) is 1.29. The van der Waals surface area contributed by atoms with Crippen LogP contribution in [0.2, 0.25) is 0 Å². The summed E-state index contributed by atoms with van der Waals surface area (Å²) in [5.41, 5.74) is 1.92. The maximum absolute atomic E-state index is 12.7. The third kappa shape index (κ3) is 2.67. The molecule has 2 N–H and O–H groups in total. The van der Waals surface area contributed by atoms with Crippen molar-refractivity contribution in [2.75, 3.05) is 32.2 Å². The van der Waals surface area contributed by atoms with E-state index in [-0.39, 0.29) is 6.42 Å². The van der Waals surface area contributed by atoms with E-state index in [1.165, 1.54) is 14.2 Å². The zero-order valence-electron chi connectivity index (χ0n) is 14.6. The monoisotopic (exact) mass is 368 g/mol. The molecule has 1 atom stereocenters. The highest BCUT2D eigenvalue weighted by Gasteiger charge is 2.56. The van der Waals surface area contributed by atoms with E-state index in [4.69, 9.17) is 14.6 Å². The molecule has 1 aromatic rings. The summed E-state index contributed by atoms with van der Waals surface area (Å²) in [4.78, 5) is 14.8. The zero-order valence-corrected chi connectivity index (χ0v) is 15.4. The molecule has 0 amide bonds. The number of fused-ring (bicyclic) bond motifs is 1. The molecular weight excluding hydrogens is 344 g/mol. The van der Waals surface area contributed by atoms with Crippen LogP contribution >= 0.6 is 0 Å². The molecule has 1 fully saturated rings. The lowest BCUT2D eigenvalue weighted by Crippen LogP contribution is -2.51. The Kier molecular flexibility index (Phi) is 4.68. The number of primary sulfonamides is 1. The van der Waals surface area contributed by atoms with Gasteiger partial charge in [0.1, 0.15) is 5.75 Å². The molecule has 8 heteroatoms. The topological polar surface area (TPSA) is 98.9 Å². The van der Waals surface area contributed by atoms with Crippen molar-refractivity contribution in [1.82, 2.24) is 0 Å². The highest BCUT2D eigenvalue weighted by atomic mass is 32.2. The van der Waals surface area contributed by atoms with Gasteiger partial charge in [0.15, 0.2) is 0 Å². The number of esters is 1. The van der Waals surface area contributed by atoms with Crippen LogP contribution in [0.1, 0.15) is 36.8 Å². The maximum atomic E-state index is 12.7. The number of anilines is 1. The van der Waals surface area contributed by atoms with E-state index in [0.29, 0.717) is 24.2 Å². The highest BCUT2D eigenvalue weighted by Crippen LogP contribution is 2.49. The summed E-state index contributed by atoms with van der Waals surface area (Å²) in [6, 6.07) is 3.67. The number of carbonyl (C=O) groups excluding carboxylic acids is 1. The standard InChI is InChI=1S/C17H24N2O5S/c1-23-14-8-7-13(19-10-3-4-11-19)15-12(14)6-5-9-17(15,16(20)24-2)25(18,21)22/h7-8H,3-6,9-11H2,1-2H3,(H2,18,21,22)/t17-/m0/s1. The van der Waals surface area contributed by atoms with Crippen LogP contribution in [-0.2, 0) is 30.7 Å². The molecule has 1 aromatic carbocycles. The van der Waals surface area contributed by atoms with Crippen molar-refractivity contribution >= 4 is 21.7 Å². The Bertz CT molecular complexity index is 786. The molecule has 138 valence electrons. The van der Waals surface area contributed by atoms with Gasteiger partial charge in [0.05, 0.1) is 14.2 Å². The first-order chi connectivity index (χ1) is 11.9. The summed E-state index contributed by atoms with van der Waals surface area (Å²) >= 11 is 0. The molecule has 0 radical (unpaired) electrons. The van der Waals surface area contributed by atoms with Crippen LogP contribution in [0, 0.1) is 0 Å². The molecule has 1 saturated heterocycles. The molecule has 3 rings (SSSR count). The van der Waals surface area contributed by atoms with Gasteiger partial charge < -0.3 is 14.4 Å². The summed E-state index contributed by atoms with van der Waals surface area (Å²) < 4.78 is 33.8. The number of nitrogens with zero attached hydrogens (tertiary/aromatic N) is 1. The van der Waals surface area contributed by atoms with Crippen LogP contribution in [0.5, 0.6) is 5.75 Å². The average Bonchev–Trinajstić information content (AvgIpc) is 3.12. The second-order valence-corrected chi connectivity index (χ2v) is 8.34. The highest BCUT2D eigenvalue weighted by molar-refractivity contribution is 7.90. The fraction of sp³-hybridized carbons (Fsp3) is 0.588. The van der Waals surface area contributed by atoms with Crippen molar-refractivity contribution in [2.24, 2.45) is 5.14 Å². The van der Waals surface area contributed by atoms with E-state index in [1.807, 2.05) is 12.1 Å². The van der Waals surface area contributed by atoms with Gasteiger partial charge in [-0.3, -0.25) is 0 Å². The van der Waals surface area contributed by atoms with Crippen LogP contribution < -0.4 is 14.8 Å². The Labute approximate surface area is 148 Å². The second kappa shape index (κ2) is 6.49. The number of rotatable bonds is 4. The maximum Gasteiger partial charge on any atom is 0.333 e. The van der Waals surface area contributed by atoms with Crippen LogP contribution in [-0.4, -0.2) is 41.7 Å². The molecule has 1 aliphatic carbocycles. The minimum Gasteiger partial charge on any atom is -0.496 e. The van der Waals surface area contributed by atoms with Gasteiger partial charge in [0.2, 0.25) is 14.8 Å². The van der Waals surface area contributed by atoms with Gasteiger partial charge in [-0.1, -0.05) is 0 Å². The Hall–Kier alpha value is -1.80. The number of nitrogens with two attached hydrogens (primary N) is 1. The van der Waals surface area contributed by atoms with Crippen molar-refractivity contribution in [3.63, 3.8) is 0 Å². The van der Waals surface area contributed by atoms with Crippen LogP contribution in [0.25, 0.3) is 0 Å². The van der Waals surface area contributed by atoms with E-state index >= 15 is 0 Å². The fourth-order valence-electron chi connectivity index (χ4n) is 4.14. The first kappa shape index (κ1) is 18.0. The van der Waals surface area contributed by atoms with E-state index in [2.05, 4.69) is 4.90 Å². The lowest BCUT2D eigenvalue weighted by Gasteiger charge is -2.38. The zero-order chi connectivity index (χ0) is 18.2. The first-order valence-corrected chi connectivity index (χ1v) is 9.97. The smallest absolute Gasteiger partial charge is 0.333 e. The average molecular weight is 368 g/mol. The number of sulfonamides is 1. The van der Waals surface area contributed by atoms with Gasteiger partial charge in [-0.05, 0) is 44.2 Å². The number of methoxy groups -OCH3 is 2. The molecule has 0 aromatic heterocycles. The summed E-state index contributed by atoms with van der Waals surface area (Å²) in [7, 11) is -1.51. The second-order valence-electron chi connectivity index (χ2n) is 6.55. The van der Waals surface area contributed by atoms with Crippen molar-refractivity contribution in [1.29, 1.82) is 0 Å². The number of benzene rings is 1. The predicted molar refractivity (Wildman–Crippen MR) is 94.2 cm³/mol. The summed E-state index contributed by atoms with van der Waals surface area (Å²) in [5, 5.41) is 5.61. The van der Waals surface area contributed by atoms with Gasteiger partial charge in [0.25, 0.3) is 0 Å². The van der Waals surface area contributed by atoms with E-state index in [1.54, 1.807) is 0 Å². The SMILES string of the molecule is COC(=O)[C@]1(S(N)(=O)=O)CCCc2c(OC)ccc(N3CCCC3)c21. The molecule has 2 aliphatic rings. The van der Waals surface area contributed by atoms with Gasteiger partial charge in [-0.25, -0.2) is 18.4 Å². The third-order valence-electron chi connectivity index (χ3n) is 5.27. The van der Waals surface area contributed by atoms with Crippen molar-refractivity contribution in [3.05, 3.63) is 23.3 Å². The molecule has 1 aliphatic heterocycles. The van der Waals surface area contributed by atoms with E-state index < -0.39 is 20.7 Å². The number of hydrogen-bond donors (Lipinski definition) is 1. The minimum absolute atomic E-state index is 0.111. The van der Waals surface area contributed by atoms with Crippen molar-refractivity contribution < 1.29 is 22.7 Å². The van der Waals surface area contributed by atoms with Crippen LogP contribution in [0.3, 0.4) is 0 Å². The molecule has 0 saturated carbocycles. The van der Waals surface area contributed by atoms with E-state index in [9.17, 15) is 13.2 Å². The molecule has 1 heterocycles. The van der Waals surface area contributed by atoms with Gasteiger partial charge >= 0.3 is 5.97 Å². The first-order valence-electron chi connectivity index (χ1n) is 8.43. The molecule has 0 unspecified atom stereocenters. The Morgan fingerprint density at radius 2 is 1.88 bits per heavy atom. The Balaban J connectivity index is 2.36. The summed E-state index contributed by atoms with van der Waals surface area (Å²) in [6.45, 7) is 1.64. The molecule has 0 bridgehead atoms. The fourth-order valence-corrected chi connectivity index (χ4v) is 5.39. The van der Waals surface area contributed by atoms with E-state index in [0.717, 1.165) is 37.2 Å². The quantitative estimate of drug-likeness (QED) is 0.804. The number of hydrogen-bond acceptors (Lipinski definition) is 6. The lowest BCUT2D eigenvalue weighted by atomic mass is 9.80. The molecular formula is C17H24N2O5S. The lowest BCUT2D eigenvalue weighted by molar-refractivity contribution is -0.144. The van der Waals surface area contributed by atoms with Crippen LogP contribution in [0.4, 0.5) is 5.69 Å². The van der Waals surface area contributed by atoms with Crippen molar-refractivity contribution in [2.45, 2.75) is 36.9 Å². The number of carbonyl (C=O) groups is 1. The molecule has 25 heavy (non-hydrogen) atoms. The Morgan fingerprint density at radius 3 is 2.44 bits per heavy atom. The Morgan fingerprint density at radius 1 is 1.20 bits per heavy atom. The largest absolute Gasteiger partial charge is 0.496 e.